The summed E-state index contributed by atoms with van der Waals surface area (Å²) in [6, 6.07) is 2.46. The topological polar surface area (TPSA) is 59.1 Å². The zero-order valence-corrected chi connectivity index (χ0v) is 13.4. The molecule has 1 aliphatic heterocycles. The lowest BCUT2D eigenvalue weighted by molar-refractivity contribution is 0.162. The normalized spacial score (nSPS) is 19.7. The van der Waals surface area contributed by atoms with Crippen LogP contribution >= 0.6 is 0 Å². The first-order valence-corrected chi connectivity index (χ1v) is 8.04. The van der Waals surface area contributed by atoms with Crippen LogP contribution in [0.25, 0.3) is 0 Å². The molecule has 1 atom stereocenters. The fourth-order valence-corrected chi connectivity index (χ4v) is 3.39. The molecule has 1 aliphatic rings. The van der Waals surface area contributed by atoms with Crippen LogP contribution < -0.4 is 0 Å². The zero-order valence-electron chi connectivity index (χ0n) is 13.4. The highest BCUT2D eigenvalue weighted by molar-refractivity contribution is 5.24. The van der Waals surface area contributed by atoms with Crippen molar-refractivity contribution in [1.82, 2.24) is 24.5 Å². The van der Waals surface area contributed by atoms with Crippen molar-refractivity contribution in [3.63, 3.8) is 0 Å². The van der Waals surface area contributed by atoms with E-state index in [0.717, 1.165) is 25.3 Å². The lowest BCUT2D eigenvalue weighted by Gasteiger charge is -2.32. The van der Waals surface area contributed by atoms with Gasteiger partial charge in [0.2, 0.25) is 0 Å². The summed E-state index contributed by atoms with van der Waals surface area (Å²) in [6.45, 7) is 7.95. The molecule has 0 saturated carbocycles. The van der Waals surface area contributed by atoms with Crippen LogP contribution in [0.1, 0.15) is 35.8 Å². The van der Waals surface area contributed by atoms with E-state index in [1.165, 1.54) is 24.1 Å². The van der Waals surface area contributed by atoms with Gasteiger partial charge in [-0.05, 0) is 39.3 Å². The van der Waals surface area contributed by atoms with E-state index in [0.29, 0.717) is 12.6 Å². The summed E-state index contributed by atoms with van der Waals surface area (Å²) in [5, 5.41) is 18.1. The fraction of sp³-hybridized carbons (Fsp3) is 0.625. The number of aliphatic hydroxyl groups excluding tert-OH is 1. The number of likely N-dealkylation sites (tertiary alicyclic amines) is 1. The van der Waals surface area contributed by atoms with E-state index in [1.54, 1.807) is 0 Å². The number of aryl methyl sites for hydroxylation is 1. The van der Waals surface area contributed by atoms with Crippen LogP contribution in [0.15, 0.2) is 18.5 Å². The molecule has 2 aromatic heterocycles. The Bertz CT molecular complexity index is 604. The Hall–Kier alpha value is -1.66. The van der Waals surface area contributed by atoms with E-state index in [4.69, 9.17) is 5.11 Å². The first-order valence-electron chi connectivity index (χ1n) is 8.04. The monoisotopic (exact) mass is 303 g/mol. The molecule has 2 aromatic rings. The van der Waals surface area contributed by atoms with Gasteiger partial charge in [0.15, 0.2) is 0 Å². The lowest BCUT2D eigenvalue weighted by atomic mass is 10.0. The summed E-state index contributed by atoms with van der Waals surface area (Å²) < 4.78 is 4.00. The minimum absolute atomic E-state index is 0.131. The molecule has 0 spiro atoms. The van der Waals surface area contributed by atoms with Crippen LogP contribution in [0.5, 0.6) is 0 Å². The summed E-state index contributed by atoms with van der Waals surface area (Å²) in [5.74, 6) is 0. The molecule has 0 aliphatic carbocycles. The number of piperidine rings is 1. The largest absolute Gasteiger partial charge is 0.394 e. The van der Waals surface area contributed by atoms with Gasteiger partial charge < -0.3 is 5.11 Å². The van der Waals surface area contributed by atoms with Crippen LogP contribution in [0.4, 0.5) is 0 Å². The zero-order chi connectivity index (χ0) is 15.5. The fourth-order valence-electron chi connectivity index (χ4n) is 3.39. The molecule has 3 rings (SSSR count). The number of aromatic nitrogens is 4. The second kappa shape index (κ2) is 6.62. The summed E-state index contributed by atoms with van der Waals surface area (Å²) in [4.78, 5) is 2.50. The number of hydrogen-bond donors (Lipinski definition) is 1. The molecule has 0 radical (unpaired) electrons. The third-order valence-electron chi connectivity index (χ3n) is 4.60. The average Bonchev–Trinajstić information content (AvgIpc) is 3.13. The molecule has 22 heavy (non-hydrogen) atoms. The molecule has 1 fully saturated rings. The summed E-state index contributed by atoms with van der Waals surface area (Å²) in [6.07, 6.45) is 6.31. The average molecular weight is 303 g/mol. The molecule has 0 bridgehead atoms. The Morgan fingerprint density at radius 2 is 2.23 bits per heavy atom. The van der Waals surface area contributed by atoms with E-state index in [1.807, 2.05) is 16.9 Å². The predicted octanol–water partition coefficient (Wildman–Crippen LogP) is 1.53. The Labute approximate surface area is 131 Å². The van der Waals surface area contributed by atoms with Crippen molar-refractivity contribution in [2.45, 2.75) is 45.8 Å². The van der Waals surface area contributed by atoms with Crippen LogP contribution in [0.3, 0.4) is 0 Å². The van der Waals surface area contributed by atoms with Crippen molar-refractivity contribution in [2.24, 2.45) is 0 Å². The van der Waals surface area contributed by atoms with Gasteiger partial charge in [0, 0.05) is 36.7 Å². The second-order valence-electron chi connectivity index (χ2n) is 6.11. The summed E-state index contributed by atoms with van der Waals surface area (Å²) in [5.41, 5.74) is 3.55. The van der Waals surface area contributed by atoms with Crippen molar-refractivity contribution < 1.29 is 5.11 Å². The van der Waals surface area contributed by atoms with E-state index in [-0.39, 0.29) is 6.61 Å². The molecule has 3 heterocycles. The van der Waals surface area contributed by atoms with Gasteiger partial charge in [-0.25, -0.2) is 0 Å². The first-order chi connectivity index (χ1) is 10.7. The van der Waals surface area contributed by atoms with Gasteiger partial charge in [-0.15, -0.1) is 0 Å². The molecule has 6 nitrogen and oxygen atoms in total. The van der Waals surface area contributed by atoms with Crippen LogP contribution in [-0.4, -0.2) is 49.3 Å². The van der Waals surface area contributed by atoms with Gasteiger partial charge in [-0.1, -0.05) is 0 Å². The van der Waals surface area contributed by atoms with Crippen LogP contribution in [0, 0.1) is 13.8 Å². The Kier molecular flexibility index (Phi) is 4.59. The Morgan fingerprint density at radius 1 is 1.36 bits per heavy atom. The van der Waals surface area contributed by atoms with Gasteiger partial charge in [0.25, 0.3) is 0 Å². The third kappa shape index (κ3) is 3.08. The van der Waals surface area contributed by atoms with Gasteiger partial charge in [-0.2, -0.15) is 10.2 Å². The van der Waals surface area contributed by atoms with Crippen molar-refractivity contribution in [3.05, 3.63) is 35.4 Å². The predicted molar refractivity (Wildman–Crippen MR) is 84.6 cm³/mol. The summed E-state index contributed by atoms with van der Waals surface area (Å²) >= 11 is 0. The minimum atomic E-state index is 0.131. The molecule has 1 unspecified atom stereocenters. The Balaban J connectivity index is 1.70. The van der Waals surface area contributed by atoms with Crippen molar-refractivity contribution in [3.8, 4) is 0 Å². The number of nitrogens with zero attached hydrogens (tertiary/aromatic N) is 5. The number of rotatable bonds is 5. The number of hydrogen-bond acceptors (Lipinski definition) is 4. The SMILES string of the molecule is Cc1nn(CCO)c(C)c1CN1CCCC(n2cccn2)C1. The molecule has 6 heteroatoms. The van der Waals surface area contributed by atoms with Crippen molar-refractivity contribution >= 4 is 0 Å². The second-order valence-corrected chi connectivity index (χ2v) is 6.11. The molecule has 0 amide bonds. The standard InChI is InChI=1S/C16H25N5O/c1-13-16(14(2)20(18-13)9-10-22)12-19-7-3-5-15(11-19)21-8-4-6-17-21/h4,6,8,15,22H,3,5,7,9-12H2,1-2H3. The van der Waals surface area contributed by atoms with Gasteiger partial charge in [-0.3, -0.25) is 14.3 Å². The van der Waals surface area contributed by atoms with E-state index in [9.17, 15) is 0 Å². The highest BCUT2D eigenvalue weighted by Gasteiger charge is 2.23. The highest BCUT2D eigenvalue weighted by atomic mass is 16.3. The maximum absolute atomic E-state index is 9.13. The summed E-state index contributed by atoms with van der Waals surface area (Å²) in [7, 11) is 0. The number of aliphatic hydroxyl groups is 1. The third-order valence-corrected chi connectivity index (χ3v) is 4.60. The van der Waals surface area contributed by atoms with E-state index >= 15 is 0 Å². The quantitative estimate of drug-likeness (QED) is 0.910. The molecule has 120 valence electrons. The molecular formula is C16H25N5O. The van der Waals surface area contributed by atoms with Crippen molar-refractivity contribution in [2.75, 3.05) is 19.7 Å². The maximum Gasteiger partial charge on any atom is 0.0646 e. The van der Waals surface area contributed by atoms with Gasteiger partial charge in [0.1, 0.15) is 0 Å². The van der Waals surface area contributed by atoms with Gasteiger partial charge in [0.05, 0.1) is 24.9 Å². The maximum atomic E-state index is 9.13. The minimum Gasteiger partial charge on any atom is -0.394 e. The highest BCUT2D eigenvalue weighted by Crippen LogP contribution is 2.24. The first kappa shape index (κ1) is 15.2. The smallest absolute Gasteiger partial charge is 0.0646 e. The van der Waals surface area contributed by atoms with Gasteiger partial charge >= 0.3 is 0 Å². The molecular weight excluding hydrogens is 278 g/mol. The van der Waals surface area contributed by atoms with E-state index in [2.05, 4.69) is 39.8 Å². The van der Waals surface area contributed by atoms with Crippen LogP contribution in [0.2, 0.25) is 0 Å². The molecule has 1 saturated heterocycles. The lowest BCUT2D eigenvalue weighted by Crippen LogP contribution is -2.36. The van der Waals surface area contributed by atoms with E-state index < -0.39 is 0 Å². The molecule has 1 N–H and O–H groups in total. The Morgan fingerprint density at radius 3 is 2.95 bits per heavy atom. The van der Waals surface area contributed by atoms with Crippen LogP contribution in [-0.2, 0) is 13.1 Å². The molecule has 0 aromatic carbocycles. The van der Waals surface area contributed by atoms with Crippen molar-refractivity contribution in [1.29, 1.82) is 0 Å².